The van der Waals surface area contributed by atoms with Gasteiger partial charge in [-0.2, -0.15) is 0 Å². The average Bonchev–Trinajstić information content (AvgIpc) is 3.34. The molecule has 0 radical (unpaired) electrons. The Morgan fingerprint density at radius 3 is 2.85 bits per heavy atom. The van der Waals surface area contributed by atoms with Crippen molar-refractivity contribution in [2.24, 2.45) is 0 Å². The van der Waals surface area contributed by atoms with Crippen molar-refractivity contribution in [1.29, 1.82) is 0 Å². The predicted molar refractivity (Wildman–Crippen MR) is 97.7 cm³/mol. The summed E-state index contributed by atoms with van der Waals surface area (Å²) in [4.78, 5) is 15.1. The van der Waals surface area contributed by atoms with E-state index < -0.39 is 0 Å². The highest BCUT2D eigenvalue weighted by molar-refractivity contribution is 5.97. The van der Waals surface area contributed by atoms with Gasteiger partial charge in [0.1, 0.15) is 11.5 Å². The van der Waals surface area contributed by atoms with Crippen molar-refractivity contribution in [3.05, 3.63) is 59.7 Å². The van der Waals surface area contributed by atoms with E-state index >= 15 is 0 Å². The number of rotatable bonds is 6. The zero-order valence-electron chi connectivity index (χ0n) is 14.6. The molecular weight excluding hydrogens is 333 g/mol. The molecule has 1 aromatic carbocycles. The molecule has 26 heavy (non-hydrogen) atoms. The third-order valence-electron chi connectivity index (χ3n) is 4.90. The number of amides is 1. The van der Waals surface area contributed by atoms with Crippen molar-refractivity contribution in [2.45, 2.75) is 19.4 Å². The highest BCUT2D eigenvalue weighted by atomic mass is 19.1. The third kappa shape index (κ3) is 3.51. The summed E-state index contributed by atoms with van der Waals surface area (Å²) in [6, 6.07) is 10.0. The minimum absolute atomic E-state index is 0.132. The molecule has 0 atom stereocenters. The molecule has 1 aliphatic heterocycles. The number of halogens is 1. The van der Waals surface area contributed by atoms with Crippen LogP contribution < -0.4 is 5.32 Å². The smallest absolute Gasteiger partial charge is 0.268 e. The number of carbonyl (C=O) groups is 1. The van der Waals surface area contributed by atoms with Crippen LogP contribution >= 0.6 is 0 Å². The number of hydrogen-bond donors (Lipinski definition) is 1. The number of fused-ring (bicyclic) bond motifs is 1. The van der Waals surface area contributed by atoms with Crippen LogP contribution in [0.2, 0.25) is 0 Å². The van der Waals surface area contributed by atoms with E-state index in [1.54, 1.807) is 18.4 Å². The molecule has 136 valence electrons. The lowest BCUT2D eigenvalue weighted by Crippen LogP contribution is -2.34. The van der Waals surface area contributed by atoms with Gasteiger partial charge in [-0.1, -0.05) is 12.1 Å². The molecule has 3 heterocycles. The summed E-state index contributed by atoms with van der Waals surface area (Å²) in [6.07, 6.45) is 4.07. The number of benzene rings is 1. The molecule has 2 aromatic heterocycles. The molecule has 0 aliphatic carbocycles. The summed E-state index contributed by atoms with van der Waals surface area (Å²) in [5, 5.41) is 3.00. The Balaban J connectivity index is 1.52. The molecule has 4 rings (SSSR count). The number of carbonyl (C=O) groups excluding carboxylic acids is 1. The molecule has 1 fully saturated rings. The number of aromatic nitrogens is 1. The fraction of sp³-hybridized carbons (Fsp3) is 0.350. The Morgan fingerprint density at radius 1 is 1.19 bits per heavy atom. The quantitative estimate of drug-likeness (QED) is 0.738. The fourth-order valence-corrected chi connectivity index (χ4v) is 3.58. The molecule has 0 unspecified atom stereocenters. The van der Waals surface area contributed by atoms with Crippen LogP contribution in [0.3, 0.4) is 0 Å². The zero-order valence-corrected chi connectivity index (χ0v) is 14.6. The van der Waals surface area contributed by atoms with Crippen LogP contribution in [-0.4, -0.2) is 41.6 Å². The average molecular weight is 355 g/mol. The minimum Gasteiger partial charge on any atom is -0.463 e. The molecule has 0 saturated carbocycles. The van der Waals surface area contributed by atoms with Gasteiger partial charge in [0.15, 0.2) is 5.58 Å². The van der Waals surface area contributed by atoms with Gasteiger partial charge in [-0.15, -0.1) is 0 Å². The van der Waals surface area contributed by atoms with Crippen molar-refractivity contribution >= 4 is 17.0 Å². The van der Waals surface area contributed by atoms with Gasteiger partial charge in [-0.05, 0) is 43.6 Å². The van der Waals surface area contributed by atoms with Gasteiger partial charge in [0.05, 0.1) is 11.8 Å². The first-order chi connectivity index (χ1) is 12.7. The van der Waals surface area contributed by atoms with E-state index in [0.717, 1.165) is 30.7 Å². The van der Waals surface area contributed by atoms with Gasteiger partial charge in [0.25, 0.3) is 5.91 Å². The zero-order chi connectivity index (χ0) is 17.9. The predicted octanol–water partition coefficient (Wildman–Crippen LogP) is 3.25. The van der Waals surface area contributed by atoms with Crippen LogP contribution in [0, 0.1) is 5.82 Å². The molecule has 1 saturated heterocycles. The van der Waals surface area contributed by atoms with E-state index in [0.29, 0.717) is 24.4 Å². The van der Waals surface area contributed by atoms with Gasteiger partial charge in [0.2, 0.25) is 0 Å². The molecule has 1 amide bonds. The first-order valence-electron chi connectivity index (χ1n) is 9.02. The second-order valence-corrected chi connectivity index (χ2v) is 6.72. The first kappa shape index (κ1) is 16.8. The minimum atomic E-state index is -0.283. The van der Waals surface area contributed by atoms with E-state index in [-0.39, 0.29) is 11.7 Å². The molecule has 1 N–H and O–H groups in total. The Bertz CT molecular complexity index is 909. The lowest BCUT2D eigenvalue weighted by molar-refractivity contribution is 0.0941. The van der Waals surface area contributed by atoms with Gasteiger partial charge >= 0.3 is 0 Å². The Kier molecular flexibility index (Phi) is 4.75. The SMILES string of the molecule is O=C(NCCN1CCCC1)c1cc2occc2n1Cc1cccc(F)c1. The maximum Gasteiger partial charge on any atom is 0.268 e. The van der Waals surface area contributed by atoms with Gasteiger partial charge in [0, 0.05) is 31.8 Å². The Hall–Kier alpha value is -2.60. The summed E-state index contributed by atoms with van der Waals surface area (Å²) >= 11 is 0. The van der Waals surface area contributed by atoms with Crippen LogP contribution in [0.15, 0.2) is 47.1 Å². The highest BCUT2D eigenvalue weighted by Crippen LogP contribution is 2.22. The van der Waals surface area contributed by atoms with Crippen LogP contribution in [0.5, 0.6) is 0 Å². The van der Waals surface area contributed by atoms with Crippen molar-refractivity contribution in [2.75, 3.05) is 26.2 Å². The maximum absolute atomic E-state index is 13.5. The van der Waals surface area contributed by atoms with Crippen LogP contribution in [0.25, 0.3) is 11.1 Å². The monoisotopic (exact) mass is 355 g/mol. The molecule has 0 spiro atoms. The molecular formula is C20H22FN3O2. The van der Waals surface area contributed by atoms with E-state index in [4.69, 9.17) is 4.42 Å². The second kappa shape index (κ2) is 7.33. The van der Waals surface area contributed by atoms with E-state index in [1.165, 1.54) is 25.0 Å². The largest absolute Gasteiger partial charge is 0.463 e. The van der Waals surface area contributed by atoms with Gasteiger partial charge < -0.3 is 19.2 Å². The molecule has 3 aromatic rings. The Morgan fingerprint density at radius 2 is 2.04 bits per heavy atom. The van der Waals surface area contributed by atoms with Gasteiger partial charge in [-0.25, -0.2) is 4.39 Å². The summed E-state index contributed by atoms with van der Waals surface area (Å²) in [5.41, 5.74) is 2.82. The third-order valence-corrected chi connectivity index (χ3v) is 4.90. The van der Waals surface area contributed by atoms with Crippen LogP contribution in [0.4, 0.5) is 4.39 Å². The number of furan rings is 1. The normalized spacial score (nSPS) is 15.0. The Labute approximate surface area is 151 Å². The van der Waals surface area contributed by atoms with Crippen molar-refractivity contribution in [3.8, 4) is 0 Å². The fourth-order valence-electron chi connectivity index (χ4n) is 3.58. The summed E-state index contributed by atoms with van der Waals surface area (Å²) in [5.74, 6) is -0.415. The standard InChI is InChI=1S/C20H22FN3O2/c21-16-5-3-4-15(12-16)14-24-17-6-11-26-19(17)13-18(24)20(25)22-7-10-23-8-1-2-9-23/h3-6,11-13H,1-2,7-10,14H2,(H,22,25). The topological polar surface area (TPSA) is 50.4 Å². The van der Waals surface area contributed by atoms with Crippen molar-refractivity contribution in [3.63, 3.8) is 0 Å². The molecule has 0 bridgehead atoms. The lowest BCUT2D eigenvalue weighted by atomic mass is 10.2. The number of nitrogens with one attached hydrogen (secondary N) is 1. The summed E-state index contributed by atoms with van der Waals surface area (Å²) in [6.45, 7) is 4.12. The van der Waals surface area contributed by atoms with E-state index in [9.17, 15) is 9.18 Å². The second-order valence-electron chi connectivity index (χ2n) is 6.72. The number of likely N-dealkylation sites (tertiary alicyclic amines) is 1. The van der Waals surface area contributed by atoms with Crippen LogP contribution in [-0.2, 0) is 6.54 Å². The van der Waals surface area contributed by atoms with E-state index in [1.807, 2.05) is 16.7 Å². The van der Waals surface area contributed by atoms with Gasteiger partial charge in [-0.3, -0.25) is 4.79 Å². The first-order valence-corrected chi connectivity index (χ1v) is 9.02. The highest BCUT2D eigenvalue weighted by Gasteiger charge is 2.18. The van der Waals surface area contributed by atoms with Crippen LogP contribution in [0.1, 0.15) is 28.9 Å². The molecule has 1 aliphatic rings. The number of hydrogen-bond acceptors (Lipinski definition) is 3. The van der Waals surface area contributed by atoms with E-state index in [2.05, 4.69) is 10.2 Å². The maximum atomic E-state index is 13.5. The van der Waals surface area contributed by atoms with Crippen molar-refractivity contribution < 1.29 is 13.6 Å². The summed E-state index contributed by atoms with van der Waals surface area (Å²) < 4.78 is 20.8. The lowest BCUT2D eigenvalue weighted by Gasteiger charge is -2.15. The summed E-state index contributed by atoms with van der Waals surface area (Å²) in [7, 11) is 0. The number of nitrogens with zero attached hydrogens (tertiary/aromatic N) is 2. The molecule has 6 heteroatoms. The molecule has 5 nitrogen and oxygen atoms in total. The van der Waals surface area contributed by atoms with Crippen molar-refractivity contribution in [1.82, 2.24) is 14.8 Å².